The smallest absolute Gasteiger partial charge is 0.337 e. The van der Waals surface area contributed by atoms with E-state index in [4.69, 9.17) is 5.73 Å². The fourth-order valence-corrected chi connectivity index (χ4v) is 3.12. The molecule has 0 saturated heterocycles. The van der Waals surface area contributed by atoms with Gasteiger partial charge in [-0.2, -0.15) is 5.10 Å². The van der Waals surface area contributed by atoms with E-state index in [0.29, 0.717) is 5.69 Å². The number of carboxylic acid groups (broad SMARTS) is 1. The highest BCUT2D eigenvalue weighted by Gasteiger charge is 2.27. The predicted octanol–water partition coefficient (Wildman–Crippen LogP) is 2.47. The quantitative estimate of drug-likeness (QED) is 0.907. The van der Waals surface area contributed by atoms with Gasteiger partial charge in [-0.1, -0.05) is 19.1 Å². The maximum atomic E-state index is 11.4. The summed E-state index contributed by atoms with van der Waals surface area (Å²) in [5.74, 6) is -0.937. The Kier molecular flexibility index (Phi) is 3.51. The Balaban J connectivity index is 2.23. The Bertz CT molecular complexity index is 691. The molecule has 3 rings (SSSR count). The molecule has 0 bridgehead atoms. The van der Waals surface area contributed by atoms with Crippen molar-refractivity contribution in [3.63, 3.8) is 0 Å². The summed E-state index contributed by atoms with van der Waals surface area (Å²) in [7, 11) is 0. The summed E-state index contributed by atoms with van der Waals surface area (Å²) in [6.45, 7) is 2.05. The number of benzene rings is 1. The second-order valence-corrected chi connectivity index (χ2v) is 5.39. The van der Waals surface area contributed by atoms with Crippen molar-refractivity contribution >= 4 is 5.97 Å². The highest BCUT2D eigenvalue weighted by molar-refractivity contribution is 5.91. The van der Waals surface area contributed by atoms with E-state index in [0.717, 1.165) is 42.6 Å². The minimum atomic E-state index is -0.937. The number of carboxylic acids is 1. The van der Waals surface area contributed by atoms with E-state index in [1.54, 1.807) is 22.9 Å². The van der Waals surface area contributed by atoms with E-state index >= 15 is 0 Å². The number of aryl methyl sites for hydroxylation is 1. The molecule has 0 fully saturated rings. The van der Waals surface area contributed by atoms with Crippen LogP contribution >= 0.6 is 0 Å². The van der Waals surface area contributed by atoms with Gasteiger partial charge in [0.05, 0.1) is 16.9 Å². The normalized spacial score (nSPS) is 17.5. The van der Waals surface area contributed by atoms with Crippen molar-refractivity contribution in [3.8, 4) is 5.69 Å². The zero-order valence-corrected chi connectivity index (χ0v) is 12.0. The molecule has 0 spiro atoms. The second-order valence-electron chi connectivity index (χ2n) is 5.39. The Hall–Kier alpha value is -2.14. The molecule has 1 unspecified atom stereocenters. The van der Waals surface area contributed by atoms with Crippen LogP contribution in [0.3, 0.4) is 0 Å². The van der Waals surface area contributed by atoms with Gasteiger partial charge < -0.3 is 10.8 Å². The van der Waals surface area contributed by atoms with E-state index in [2.05, 4.69) is 12.0 Å². The third-order valence-electron chi connectivity index (χ3n) is 4.10. The largest absolute Gasteiger partial charge is 0.478 e. The van der Waals surface area contributed by atoms with Crippen molar-refractivity contribution in [2.75, 3.05) is 0 Å². The average molecular weight is 285 g/mol. The van der Waals surface area contributed by atoms with E-state index < -0.39 is 5.97 Å². The summed E-state index contributed by atoms with van der Waals surface area (Å²) in [4.78, 5) is 11.4. The molecule has 1 atom stereocenters. The third-order valence-corrected chi connectivity index (χ3v) is 4.10. The van der Waals surface area contributed by atoms with Crippen LogP contribution < -0.4 is 5.73 Å². The first-order valence-electron chi connectivity index (χ1n) is 7.32. The maximum Gasteiger partial charge on any atom is 0.337 e. The predicted molar refractivity (Wildman–Crippen MR) is 79.8 cm³/mol. The summed E-state index contributed by atoms with van der Waals surface area (Å²) in [5, 5.41) is 14.0. The third kappa shape index (κ3) is 2.23. The molecule has 1 heterocycles. The lowest BCUT2D eigenvalue weighted by Gasteiger charge is -2.20. The first-order valence-corrected chi connectivity index (χ1v) is 7.32. The van der Waals surface area contributed by atoms with Gasteiger partial charge in [0.25, 0.3) is 0 Å². The molecule has 1 aromatic carbocycles. The minimum Gasteiger partial charge on any atom is -0.478 e. The standard InChI is InChI=1S/C16H19N3O2/c1-2-12-15-11(17)7-5-9-14(15)19(18-12)13-8-4-3-6-10(13)16(20)21/h3-4,6,8,11H,2,5,7,9,17H2,1H3,(H,20,21). The zero-order chi connectivity index (χ0) is 15.0. The molecule has 5 heteroatoms. The van der Waals surface area contributed by atoms with Crippen LogP contribution in [-0.2, 0) is 12.8 Å². The SMILES string of the molecule is CCc1nn(-c2ccccc2C(=O)O)c2c1C(N)CCC2. The number of para-hydroxylation sites is 1. The van der Waals surface area contributed by atoms with Crippen molar-refractivity contribution in [1.29, 1.82) is 0 Å². The summed E-state index contributed by atoms with van der Waals surface area (Å²) < 4.78 is 1.79. The molecule has 2 aromatic rings. The van der Waals surface area contributed by atoms with Crippen LogP contribution in [0.2, 0.25) is 0 Å². The number of hydrogen-bond acceptors (Lipinski definition) is 3. The van der Waals surface area contributed by atoms with Crippen molar-refractivity contribution in [1.82, 2.24) is 9.78 Å². The van der Waals surface area contributed by atoms with Crippen LogP contribution in [0.15, 0.2) is 24.3 Å². The lowest BCUT2D eigenvalue weighted by molar-refractivity contribution is 0.0696. The number of nitrogens with two attached hydrogens (primary N) is 1. The molecule has 0 saturated carbocycles. The maximum absolute atomic E-state index is 11.4. The van der Waals surface area contributed by atoms with Crippen LogP contribution in [0.1, 0.15) is 53.1 Å². The van der Waals surface area contributed by atoms with Gasteiger partial charge in [0.15, 0.2) is 0 Å². The summed E-state index contributed by atoms with van der Waals surface area (Å²) in [5.41, 5.74) is 10.3. The Morgan fingerprint density at radius 2 is 2.24 bits per heavy atom. The van der Waals surface area contributed by atoms with E-state index in [9.17, 15) is 9.90 Å². The molecule has 0 amide bonds. The van der Waals surface area contributed by atoms with Gasteiger partial charge in [0, 0.05) is 17.3 Å². The molecule has 0 aliphatic heterocycles. The monoisotopic (exact) mass is 285 g/mol. The highest BCUT2D eigenvalue weighted by Crippen LogP contribution is 2.33. The van der Waals surface area contributed by atoms with Crippen molar-refractivity contribution in [2.24, 2.45) is 5.73 Å². The first kappa shape index (κ1) is 13.8. The number of rotatable bonds is 3. The van der Waals surface area contributed by atoms with Gasteiger partial charge >= 0.3 is 5.97 Å². The number of hydrogen-bond donors (Lipinski definition) is 2. The van der Waals surface area contributed by atoms with E-state index in [1.807, 2.05) is 6.07 Å². The average Bonchev–Trinajstić information content (AvgIpc) is 2.87. The van der Waals surface area contributed by atoms with Gasteiger partial charge in [-0.25, -0.2) is 9.48 Å². The summed E-state index contributed by atoms with van der Waals surface area (Å²) in [6, 6.07) is 6.99. The van der Waals surface area contributed by atoms with Crippen LogP contribution in [-0.4, -0.2) is 20.9 Å². The van der Waals surface area contributed by atoms with Crippen molar-refractivity contribution < 1.29 is 9.90 Å². The lowest BCUT2D eigenvalue weighted by atomic mass is 9.91. The number of aromatic carboxylic acids is 1. The Morgan fingerprint density at radius 3 is 2.95 bits per heavy atom. The lowest BCUT2D eigenvalue weighted by Crippen LogP contribution is -2.19. The molecule has 1 aromatic heterocycles. The second kappa shape index (κ2) is 5.33. The van der Waals surface area contributed by atoms with Crippen LogP contribution in [0.4, 0.5) is 0 Å². The topological polar surface area (TPSA) is 81.1 Å². The zero-order valence-electron chi connectivity index (χ0n) is 12.0. The van der Waals surface area contributed by atoms with Gasteiger partial charge in [-0.05, 0) is 37.8 Å². The fourth-order valence-electron chi connectivity index (χ4n) is 3.12. The van der Waals surface area contributed by atoms with Gasteiger partial charge in [0.1, 0.15) is 0 Å². The van der Waals surface area contributed by atoms with Crippen LogP contribution in [0.25, 0.3) is 5.69 Å². The Morgan fingerprint density at radius 1 is 1.48 bits per heavy atom. The van der Waals surface area contributed by atoms with E-state index in [-0.39, 0.29) is 11.6 Å². The fraction of sp³-hybridized carbons (Fsp3) is 0.375. The number of fused-ring (bicyclic) bond motifs is 1. The molecular weight excluding hydrogens is 266 g/mol. The Labute approximate surface area is 123 Å². The van der Waals surface area contributed by atoms with Gasteiger partial charge in [-0.15, -0.1) is 0 Å². The minimum absolute atomic E-state index is 0.00874. The number of nitrogens with zero attached hydrogens (tertiary/aromatic N) is 2. The first-order chi connectivity index (χ1) is 10.1. The summed E-state index contributed by atoms with van der Waals surface area (Å²) in [6.07, 6.45) is 3.67. The summed E-state index contributed by atoms with van der Waals surface area (Å²) >= 11 is 0. The molecule has 3 N–H and O–H groups in total. The highest BCUT2D eigenvalue weighted by atomic mass is 16.4. The molecule has 1 aliphatic rings. The molecule has 0 radical (unpaired) electrons. The molecular formula is C16H19N3O2. The van der Waals surface area contributed by atoms with Gasteiger partial charge in [-0.3, -0.25) is 0 Å². The van der Waals surface area contributed by atoms with Crippen molar-refractivity contribution in [3.05, 3.63) is 46.8 Å². The van der Waals surface area contributed by atoms with Crippen molar-refractivity contribution in [2.45, 2.75) is 38.6 Å². The molecule has 1 aliphatic carbocycles. The van der Waals surface area contributed by atoms with Crippen LogP contribution in [0.5, 0.6) is 0 Å². The molecule has 21 heavy (non-hydrogen) atoms. The number of carbonyl (C=O) groups is 1. The molecule has 5 nitrogen and oxygen atoms in total. The van der Waals surface area contributed by atoms with Gasteiger partial charge in [0.2, 0.25) is 0 Å². The molecule has 110 valence electrons. The van der Waals surface area contributed by atoms with Crippen LogP contribution in [0, 0.1) is 0 Å². The van der Waals surface area contributed by atoms with E-state index in [1.165, 1.54) is 0 Å². The number of aromatic nitrogens is 2.